The van der Waals surface area contributed by atoms with E-state index in [-0.39, 0.29) is 11.0 Å². The number of piperidine rings is 1. The van der Waals surface area contributed by atoms with E-state index in [9.17, 15) is 5.11 Å². The number of rotatable bonds is 0. The van der Waals surface area contributed by atoms with Crippen LogP contribution < -0.4 is 5.73 Å². The van der Waals surface area contributed by atoms with E-state index in [1.165, 1.54) is 24.8 Å². The van der Waals surface area contributed by atoms with Crippen LogP contribution in [0.2, 0.25) is 0 Å². The molecule has 1 saturated carbocycles. The zero-order valence-corrected chi connectivity index (χ0v) is 14.1. The van der Waals surface area contributed by atoms with Gasteiger partial charge in [0.15, 0.2) is 0 Å². The van der Waals surface area contributed by atoms with Crippen LogP contribution in [0, 0.1) is 17.3 Å². The Morgan fingerprint density at radius 2 is 2.00 bits per heavy atom. The highest BCUT2D eigenvalue weighted by molar-refractivity contribution is 5.28. The van der Waals surface area contributed by atoms with Crippen molar-refractivity contribution >= 4 is 0 Å². The quantitative estimate of drug-likeness (QED) is 0.675. The number of likely N-dealkylation sites (N-methyl/N-ethyl adjacent to an activating group) is 1. The van der Waals surface area contributed by atoms with Crippen LogP contribution in [0.25, 0.3) is 0 Å². The second-order valence-corrected chi connectivity index (χ2v) is 8.31. The van der Waals surface area contributed by atoms with E-state index in [4.69, 9.17) is 5.73 Å². The standard InChI is InChI=1S/C18H32N2O/c1-12-14-11-18(19)10-8-6-5-7-9-13(16(21)20(12)4)15(14)17(18,2)3/h9,12,14-16,21H,5-8,10-11,19H2,1-4H3/b13-9+. The SMILES string of the molecule is CC1C2CC3(N)CCCCC/C=C(/C(O)N1C)C2C3(C)C. The van der Waals surface area contributed by atoms with E-state index in [0.29, 0.717) is 17.9 Å². The largest absolute Gasteiger partial charge is 0.374 e. The fourth-order valence-electron chi connectivity index (χ4n) is 5.37. The Bertz CT molecular complexity index is 444. The van der Waals surface area contributed by atoms with Gasteiger partial charge in [-0.1, -0.05) is 32.8 Å². The number of hydrogen-bond donors (Lipinski definition) is 2. The number of hydrogen-bond acceptors (Lipinski definition) is 3. The van der Waals surface area contributed by atoms with E-state index < -0.39 is 6.23 Å². The molecule has 21 heavy (non-hydrogen) atoms. The highest BCUT2D eigenvalue weighted by Gasteiger charge is 2.61. The molecule has 0 spiro atoms. The molecule has 0 amide bonds. The van der Waals surface area contributed by atoms with Gasteiger partial charge in [0.2, 0.25) is 0 Å². The molecule has 0 aromatic rings. The Hall–Kier alpha value is -0.380. The van der Waals surface area contributed by atoms with Crippen molar-refractivity contribution in [3.05, 3.63) is 11.6 Å². The summed E-state index contributed by atoms with van der Waals surface area (Å²) in [5, 5.41) is 10.8. The summed E-state index contributed by atoms with van der Waals surface area (Å²) in [7, 11) is 2.06. The minimum atomic E-state index is -0.428. The molecule has 3 heteroatoms. The molecule has 1 heterocycles. The Morgan fingerprint density at radius 3 is 2.71 bits per heavy atom. The molecule has 2 bridgehead atoms. The predicted octanol–water partition coefficient (Wildman–Crippen LogP) is 2.89. The zero-order chi connectivity index (χ0) is 15.4. The summed E-state index contributed by atoms with van der Waals surface area (Å²) >= 11 is 0. The fourth-order valence-corrected chi connectivity index (χ4v) is 5.37. The molecule has 0 radical (unpaired) electrons. The molecule has 5 unspecified atom stereocenters. The smallest absolute Gasteiger partial charge is 0.129 e. The number of aliphatic hydroxyl groups is 1. The highest BCUT2D eigenvalue weighted by atomic mass is 16.3. The van der Waals surface area contributed by atoms with E-state index in [1.54, 1.807) is 0 Å². The fraction of sp³-hybridized carbons (Fsp3) is 0.889. The molecular weight excluding hydrogens is 260 g/mol. The number of allylic oxidation sites excluding steroid dienone is 1. The maximum atomic E-state index is 10.8. The van der Waals surface area contributed by atoms with Gasteiger partial charge in [-0.2, -0.15) is 0 Å². The first-order chi connectivity index (χ1) is 9.79. The van der Waals surface area contributed by atoms with Gasteiger partial charge in [0.25, 0.3) is 0 Å². The average molecular weight is 292 g/mol. The average Bonchev–Trinajstić information content (AvgIpc) is 2.62. The highest BCUT2D eigenvalue weighted by Crippen LogP contribution is 2.60. The van der Waals surface area contributed by atoms with Gasteiger partial charge in [-0.25, -0.2) is 0 Å². The topological polar surface area (TPSA) is 49.5 Å². The van der Waals surface area contributed by atoms with E-state index in [1.807, 2.05) is 0 Å². The molecule has 1 saturated heterocycles. The summed E-state index contributed by atoms with van der Waals surface area (Å²) in [6.45, 7) is 6.95. The lowest BCUT2D eigenvalue weighted by Gasteiger charge is -2.49. The maximum Gasteiger partial charge on any atom is 0.129 e. The first-order valence-electron chi connectivity index (χ1n) is 8.68. The Morgan fingerprint density at radius 1 is 1.29 bits per heavy atom. The van der Waals surface area contributed by atoms with Crippen LogP contribution in [0.4, 0.5) is 0 Å². The number of fused-ring (bicyclic) bond motifs is 1. The van der Waals surface area contributed by atoms with Gasteiger partial charge < -0.3 is 10.8 Å². The van der Waals surface area contributed by atoms with Gasteiger partial charge in [0.05, 0.1) is 0 Å². The van der Waals surface area contributed by atoms with Gasteiger partial charge in [-0.05, 0) is 62.5 Å². The number of nitrogens with zero attached hydrogens (tertiary/aromatic N) is 1. The van der Waals surface area contributed by atoms with Crippen molar-refractivity contribution in [2.45, 2.75) is 77.1 Å². The zero-order valence-electron chi connectivity index (χ0n) is 14.1. The van der Waals surface area contributed by atoms with Crippen LogP contribution in [-0.2, 0) is 0 Å². The summed E-state index contributed by atoms with van der Waals surface area (Å²) in [4.78, 5) is 2.15. The molecule has 3 N–H and O–H groups in total. The molecule has 2 fully saturated rings. The lowest BCUT2D eigenvalue weighted by Crippen LogP contribution is -2.55. The molecular formula is C18H32N2O. The molecule has 0 aromatic heterocycles. The first kappa shape index (κ1) is 15.5. The third-order valence-electron chi connectivity index (χ3n) is 7.10. The Balaban J connectivity index is 2.10. The molecule has 1 aliphatic heterocycles. The third-order valence-corrected chi connectivity index (χ3v) is 7.10. The van der Waals surface area contributed by atoms with Crippen molar-refractivity contribution in [2.75, 3.05) is 7.05 Å². The normalized spacial score (nSPS) is 49.5. The summed E-state index contributed by atoms with van der Waals surface area (Å²) in [5.74, 6) is 1.00. The number of aliphatic hydroxyl groups excluding tert-OH is 1. The molecule has 3 rings (SSSR count). The van der Waals surface area contributed by atoms with Crippen molar-refractivity contribution in [1.29, 1.82) is 0 Å². The minimum absolute atomic E-state index is 0.0668. The summed E-state index contributed by atoms with van der Waals surface area (Å²) in [6, 6.07) is 0.396. The van der Waals surface area contributed by atoms with Crippen molar-refractivity contribution in [3.63, 3.8) is 0 Å². The summed E-state index contributed by atoms with van der Waals surface area (Å²) in [6.07, 6.45) is 8.97. The van der Waals surface area contributed by atoms with Gasteiger partial charge in [0, 0.05) is 11.6 Å². The van der Waals surface area contributed by atoms with Gasteiger partial charge in [-0.3, -0.25) is 4.90 Å². The molecule has 3 aliphatic rings. The van der Waals surface area contributed by atoms with Crippen LogP contribution in [0.1, 0.15) is 59.3 Å². The molecule has 3 nitrogen and oxygen atoms in total. The van der Waals surface area contributed by atoms with Gasteiger partial charge in [-0.15, -0.1) is 0 Å². The molecule has 5 atom stereocenters. The van der Waals surface area contributed by atoms with Crippen molar-refractivity contribution < 1.29 is 5.11 Å². The van der Waals surface area contributed by atoms with Gasteiger partial charge in [0.1, 0.15) is 6.23 Å². The lowest BCUT2D eigenvalue weighted by atomic mass is 9.64. The van der Waals surface area contributed by atoms with Crippen LogP contribution in [0.3, 0.4) is 0 Å². The van der Waals surface area contributed by atoms with Crippen LogP contribution in [0.5, 0.6) is 0 Å². The van der Waals surface area contributed by atoms with E-state index in [0.717, 1.165) is 19.3 Å². The summed E-state index contributed by atoms with van der Waals surface area (Å²) in [5.41, 5.74) is 8.18. The van der Waals surface area contributed by atoms with Crippen molar-refractivity contribution in [1.82, 2.24) is 4.90 Å². The van der Waals surface area contributed by atoms with E-state index >= 15 is 0 Å². The second kappa shape index (κ2) is 5.07. The van der Waals surface area contributed by atoms with Crippen molar-refractivity contribution in [2.24, 2.45) is 23.0 Å². The third kappa shape index (κ3) is 2.12. The Labute approximate surface area is 129 Å². The predicted molar refractivity (Wildman–Crippen MR) is 86.7 cm³/mol. The van der Waals surface area contributed by atoms with Crippen molar-refractivity contribution in [3.8, 4) is 0 Å². The molecule has 120 valence electrons. The number of likely N-dealkylation sites (tertiary alicyclic amines) is 1. The van der Waals surface area contributed by atoms with Crippen LogP contribution in [-0.4, -0.2) is 34.9 Å². The molecule has 2 aliphatic carbocycles. The van der Waals surface area contributed by atoms with Gasteiger partial charge >= 0.3 is 0 Å². The van der Waals surface area contributed by atoms with Crippen LogP contribution in [0.15, 0.2) is 11.6 Å². The molecule has 0 aromatic carbocycles. The second-order valence-electron chi connectivity index (χ2n) is 8.31. The maximum absolute atomic E-state index is 10.8. The Kier molecular flexibility index (Phi) is 3.75. The van der Waals surface area contributed by atoms with E-state index in [2.05, 4.69) is 38.8 Å². The number of nitrogens with two attached hydrogens (primary N) is 1. The lowest BCUT2D eigenvalue weighted by molar-refractivity contribution is -0.0444. The first-order valence-corrected chi connectivity index (χ1v) is 8.68. The summed E-state index contributed by atoms with van der Waals surface area (Å²) < 4.78 is 0. The monoisotopic (exact) mass is 292 g/mol. The van der Waals surface area contributed by atoms with Crippen LogP contribution >= 0.6 is 0 Å². The minimum Gasteiger partial charge on any atom is -0.374 e.